The molecule has 2 atom stereocenters. The van der Waals surface area contributed by atoms with Crippen LogP contribution in [0.15, 0.2) is 0 Å². The molecule has 0 aromatic heterocycles. The average molecular weight is 198 g/mol. The van der Waals surface area contributed by atoms with Crippen molar-refractivity contribution in [2.45, 2.75) is 0 Å². The van der Waals surface area contributed by atoms with Crippen molar-refractivity contribution >= 4 is 40.2 Å². The van der Waals surface area contributed by atoms with Gasteiger partial charge in [-0.3, -0.25) is 0 Å². The molecule has 0 bridgehead atoms. The van der Waals surface area contributed by atoms with Gasteiger partial charge in [0.25, 0.3) is 0 Å². The Morgan fingerprint density at radius 3 is 1.00 bits per heavy atom. The molecule has 0 aromatic rings. The fourth-order valence-electron chi connectivity index (χ4n) is 0. The number of halogens is 2. The van der Waals surface area contributed by atoms with E-state index < -0.39 is 0 Å². The molecule has 0 aliphatic carbocycles. The Bertz CT molecular complexity index is 7.61. The molecule has 0 aromatic carbocycles. The van der Waals surface area contributed by atoms with Gasteiger partial charge in [0.1, 0.15) is 0 Å². The van der Waals surface area contributed by atoms with Gasteiger partial charge in [0.05, 0.1) is 0 Å². The summed E-state index contributed by atoms with van der Waals surface area (Å²) in [5.41, 5.74) is 0. The van der Waals surface area contributed by atoms with Crippen LogP contribution in [0.25, 0.3) is 0 Å². The van der Waals surface area contributed by atoms with Crippen molar-refractivity contribution in [1.29, 1.82) is 0 Å². The van der Waals surface area contributed by atoms with Gasteiger partial charge in [-0.1, -0.05) is 0 Å². The summed E-state index contributed by atoms with van der Waals surface area (Å²) in [5, 5.41) is 0. The molecule has 0 rings (SSSR count). The first-order valence-electron chi connectivity index (χ1n) is 0.239. The molecule has 0 radical (unpaired) electrons. The summed E-state index contributed by atoms with van der Waals surface area (Å²) in [6, 6.07) is 0. The van der Waals surface area contributed by atoms with E-state index >= 15 is 0 Å². The summed E-state index contributed by atoms with van der Waals surface area (Å²) in [5.74, 6) is 0. The second-order valence-corrected chi connectivity index (χ2v) is 1.68. The molecule has 0 nitrogen and oxygen atoms in total. The first-order chi connectivity index (χ1) is 1.41. The van der Waals surface area contributed by atoms with E-state index in [1.807, 2.05) is 0 Å². The first-order valence-corrected chi connectivity index (χ1v) is 2.96. The number of hydrogen-bond acceptors (Lipinski definition) is 0. The quantitative estimate of drug-likeness (QED) is 0.408. The SMILES string of the molecule is P.P.[Cl][Ni][Cl]. The Morgan fingerprint density at radius 1 is 1.00 bits per heavy atom. The maximum atomic E-state index is 4.70. The Balaban J connectivity index is -0.0000000200. The number of hydrogen-bond donors (Lipinski definition) is 0. The zero-order chi connectivity index (χ0) is 2.71. The molecule has 0 N–H and O–H groups in total. The van der Waals surface area contributed by atoms with E-state index in [-0.39, 0.29) is 19.8 Å². The average Bonchev–Trinajstić information content (AvgIpc) is 0.918. The van der Waals surface area contributed by atoms with Gasteiger partial charge in [-0.2, -0.15) is 19.8 Å². The van der Waals surface area contributed by atoms with E-state index in [2.05, 4.69) is 0 Å². The van der Waals surface area contributed by atoms with E-state index in [1.165, 1.54) is 0 Å². The summed E-state index contributed by atoms with van der Waals surface area (Å²) >= 11 is 0.569. The van der Waals surface area contributed by atoms with E-state index in [0.29, 0.717) is 12.7 Å². The van der Waals surface area contributed by atoms with Crippen molar-refractivity contribution in [3.63, 3.8) is 0 Å². The first kappa shape index (κ1) is 15.8. The van der Waals surface area contributed by atoms with Crippen molar-refractivity contribution < 1.29 is 12.7 Å². The van der Waals surface area contributed by atoms with E-state index in [4.69, 9.17) is 20.4 Å². The topological polar surface area (TPSA) is 0 Å². The minimum absolute atomic E-state index is 0. The predicted molar refractivity (Wildman–Crippen MR) is 33.9 cm³/mol. The molecule has 0 heterocycles. The monoisotopic (exact) mass is 196 g/mol. The van der Waals surface area contributed by atoms with Crippen molar-refractivity contribution in [3.05, 3.63) is 0 Å². The van der Waals surface area contributed by atoms with Crippen molar-refractivity contribution in [1.82, 2.24) is 0 Å². The molecule has 0 saturated carbocycles. The van der Waals surface area contributed by atoms with Gasteiger partial charge < -0.3 is 0 Å². The molecule has 0 saturated heterocycles. The second kappa shape index (κ2) is 16.8. The molecule has 0 fully saturated rings. The molecule has 2 unspecified atom stereocenters. The van der Waals surface area contributed by atoms with Crippen LogP contribution in [0.3, 0.4) is 0 Å². The van der Waals surface area contributed by atoms with Crippen LogP contribution in [0.2, 0.25) is 0 Å². The summed E-state index contributed by atoms with van der Waals surface area (Å²) in [4.78, 5) is 0. The third kappa shape index (κ3) is 24.6. The summed E-state index contributed by atoms with van der Waals surface area (Å²) < 4.78 is 0. The fraction of sp³-hybridized carbons (Fsp3) is 0. The van der Waals surface area contributed by atoms with Crippen molar-refractivity contribution in [2.24, 2.45) is 0 Å². The maximum absolute atomic E-state index is 4.70. The molecule has 5 heteroatoms. The Labute approximate surface area is 53.0 Å². The third-order valence-electron chi connectivity index (χ3n) is 0. The predicted octanol–water partition coefficient (Wildman–Crippen LogP) is 1.49. The van der Waals surface area contributed by atoms with Gasteiger partial charge in [0.2, 0.25) is 0 Å². The van der Waals surface area contributed by atoms with Crippen LogP contribution in [0, 0.1) is 0 Å². The zero-order valence-corrected chi connectivity index (χ0v) is 7.81. The van der Waals surface area contributed by atoms with Gasteiger partial charge in [0.15, 0.2) is 0 Å². The molecule has 0 spiro atoms. The standard InChI is InChI=1S/2ClH.Ni.2H3P/h2*1H;;2*1H3/q;;+2;;/p-2. The summed E-state index contributed by atoms with van der Waals surface area (Å²) in [7, 11) is 9.40. The van der Waals surface area contributed by atoms with Crippen LogP contribution >= 0.6 is 40.2 Å². The summed E-state index contributed by atoms with van der Waals surface area (Å²) in [6.07, 6.45) is 0. The van der Waals surface area contributed by atoms with Crippen LogP contribution in [0.5, 0.6) is 0 Å². The van der Waals surface area contributed by atoms with Crippen LogP contribution in [-0.4, -0.2) is 0 Å². The van der Waals surface area contributed by atoms with Crippen LogP contribution in [0.1, 0.15) is 0 Å². The van der Waals surface area contributed by atoms with Crippen molar-refractivity contribution in [3.8, 4) is 0 Å². The Hall–Kier alpha value is 1.93. The van der Waals surface area contributed by atoms with Crippen molar-refractivity contribution in [2.75, 3.05) is 0 Å². The van der Waals surface area contributed by atoms with Gasteiger partial charge in [-0.15, -0.1) is 0 Å². The van der Waals surface area contributed by atoms with Crippen LogP contribution in [0.4, 0.5) is 0 Å². The van der Waals surface area contributed by atoms with E-state index in [0.717, 1.165) is 0 Å². The van der Waals surface area contributed by atoms with Gasteiger partial charge in [-0.25, -0.2) is 0 Å². The Morgan fingerprint density at radius 2 is 1.00 bits per heavy atom. The molecule has 0 aliphatic heterocycles. The molecular weight excluding hydrogens is 192 g/mol. The van der Waals surface area contributed by atoms with Crippen LogP contribution in [-0.2, 0) is 12.7 Å². The van der Waals surface area contributed by atoms with Gasteiger partial charge in [-0.05, 0) is 0 Å². The molecule has 0 amide bonds. The fourth-order valence-corrected chi connectivity index (χ4v) is 0. The van der Waals surface area contributed by atoms with Gasteiger partial charge >= 0.3 is 33.0 Å². The summed E-state index contributed by atoms with van der Waals surface area (Å²) in [6.45, 7) is 0. The molecule has 40 valence electrons. The van der Waals surface area contributed by atoms with Gasteiger partial charge in [0, 0.05) is 0 Å². The molecule has 5 heavy (non-hydrogen) atoms. The van der Waals surface area contributed by atoms with E-state index in [9.17, 15) is 0 Å². The molecule has 0 aliphatic rings. The third-order valence-corrected chi connectivity index (χ3v) is 0. The zero-order valence-electron chi connectivity index (χ0n) is 2.49. The molecular formula is H6Cl2NiP2. The van der Waals surface area contributed by atoms with E-state index in [1.54, 1.807) is 0 Å². The Kier molecular flexibility index (Phi) is 53.0. The normalized spacial score (nSPS) is 4.40. The van der Waals surface area contributed by atoms with Crippen LogP contribution < -0.4 is 0 Å². The minimum atomic E-state index is 0. The number of rotatable bonds is 0. The second-order valence-electron chi connectivity index (χ2n) is 0.0452.